The monoisotopic (exact) mass is 290 g/mol. The number of rotatable bonds is 3. The third-order valence-corrected chi connectivity index (χ3v) is 3.15. The SMILES string of the molecule is Cc1cccc(NC(C)c2ccc(Br)cc2)n1. The van der Waals surface area contributed by atoms with Gasteiger partial charge in [-0.3, -0.25) is 0 Å². The van der Waals surface area contributed by atoms with E-state index in [-0.39, 0.29) is 6.04 Å². The fourth-order valence-electron chi connectivity index (χ4n) is 1.68. The van der Waals surface area contributed by atoms with E-state index in [1.54, 1.807) is 0 Å². The molecule has 1 aromatic carbocycles. The summed E-state index contributed by atoms with van der Waals surface area (Å²) >= 11 is 3.44. The van der Waals surface area contributed by atoms with Gasteiger partial charge in [-0.1, -0.05) is 34.1 Å². The molecular weight excluding hydrogens is 276 g/mol. The topological polar surface area (TPSA) is 24.9 Å². The maximum atomic E-state index is 4.44. The third kappa shape index (κ3) is 3.30. The molecule has 0 amide bonds. The summed E-state index contributed by atoms with van der Waals surface area (Å²) in [5.74, 6) is 0.917. The maximum absolute atomic E-state index is 4.44. The fourth-order valence-corrected chi connectivity index (χ4v) is 1.94. The molecule has 2 nitrogen and oxygen atoms in total. The number of aromatic nitrogens is 1. The van der Waals surface area contributed by atoms with Crippen molar-refractivity contribution in [1.29, 1.82) is 0 Å². The molecule has 1 heterocycles. The van der Waals surface area contributed by atoms with Gasteiger partial charge in [-0.25, -0.2) is 4.98 Å². The lowest BCUT2D eigenvalue weighted by atomic mass is 10.1. The van der Waals surface area contributed by atoms with Crippen molar-refractivity contribution < 1.29 is 0 Å². The lowest BCUT2D eigenvalue weighted by Crippen LogP contribution is -2.07. The summed E-state index contributed by atoms with van der Waals surface area (Å²) in [7, 11) is 0. The van der Waals surface area contributed by atoms with E-state index >= 15 is 0 Å². The first kappa shape index (κ1) is 12.1. The van der Waals surface area contributed by atoms with Crippen molar-refractivity contribution in [2.75, 3.05) is 5.32 Å². The number of anilines is 1. The largest absolute Gasteiger partial charge is 0.364 e. The predicted octanol–water partition coefficient (Wildman–Crippen LogP) is 4.33. The Morgan fingerprint density at radius 2 is 1.82 bits per heavy atom. The van der Waals surface area contributed by atoms with Gasteiger partial charge >= 0.3 is 0 Å². The van der Waals surface area contributed by atoms with Gasteiger partial charge in [0.25, 0.3) is 0 Å². The highest BCUT2D eigenvalue weighted by Crippen LogP contribution is 2.20. The molecule has 0 spiro atoms. The first-order valence-corrected chi connectivity index (χ1v) is 6.40. The van der Waals surface area contributed by atoms with Crippen molar-refractivity contribution >= 4 is 21.7 Å². The van der Waals surface area contributed by atoms with Crippen LogP contribution in [0.25, 0.3) is 0 Å². The summed E-state index contributed by atoms with van der Waals surface area (Å²) < 4.78 is 1.10. The highest BCUT2D eigenvalue weighted by Gasteiger charge is 2.05. The maximum Gasteiger partial charge on any atom is 0.126 e. The van der Waals surface area contributed by atoms with Crippen LogP contribution in [-0.4, -0.2) is 4.98 Å². The van der Waals surface area contributed by atoms with Crippen LogP contribution in [0.1, 0.15) is 24.2 Å². The summed E-state index contributed by atoms with van der Waals surface area (Å²) in [5.41, 5.74) is 2.27. The average molecular weight is 291 g/mol. The van der Waals surface area contributed by atoms with Crippen molar-refractivity contribution in [3.05, 3.63) is 58.2 Å². The first-order valence-electron chi connectivity index (χ1n) is 5.61. The molecule has 1 atom stereocenters. The molecule has 17 heavy (non-hydrogen) atoms. The van der Waals surface area contributed by atoms with Gasteiger partial charge in [0.2, 0.25) is 0 Å². The summed E-state index contributed by atoms with van der Waals surface area (Å²) in [5, 5.41) is 3.39. The van der Waals surface area contributed by atoms with Gasteiger partial charge < -0.3 is 5.32 Å². The number of hydrogen-bond donors (Lipinski definition) is 1. The average Bonchev–Trinajstić information content (AvgIpc) is 2.29. The van der Waals surface area contributed by atoms with Crippen LogP contribution in [0.3, 0.4) is 0 Å². The van der Waals surface area contributed by atoms with Crippen molar-refractivity contribution in [1.82, 2.24) is 4.98 Å². The zero-order valence-electron chi connectivity index (χ0n) is 9.94. The summed E-state index contributed by atoms with van der Waals surface area (Å²) in [6, 6.07) is 14.6. The molecule has 0 saturated heterocycles. The zero-order chi connectivity index (χ0) is 12.3. The normalized spacial score (nSPS) is 12.2. The molecule has 0 saturated carbocycles. The van der Waals surface area contributed by atoms with Gasteiger partial charge in [0.15, 0.2) is 0 Å². The van der Waals surface area contributed by atoms with Crippen LogP contribution in [0.2, 0.25) is 0 Å². The lowest BCUT2D eigenvalue weighted by molar-refractivity contribution is 0.872. The number of benzene rings is 1. The highest BCUT2D eigenvalue weighted by molar-refractivity contribution is 9.10. The summed E-state index contributed by atoms with van der Waals surface area (Å²) in [6.45, 7) is 4.13. The number of nitrogens with zero attached hydrogens (tertiary/aromatic N) is 1. The van der Waals surface area contributed by atoms with Crippen LogP contribution < -0.4 is 5.32 Å². The standard InChI is InChI=1S/C14H15BrN2/c1-10-4-3-5-14(16-10)17-11(2)12-6-8-13(15)9-7-12/h3-9,11H,1-2H3,(H,16,17). The van der Waals surface area contributed by atoms with Crippen molar-refractivity contribution in [2.45, 2.75) is 19.9 Å². The minimum atomic E-state index is 0.248. The third-order valence-electron chi connectivity index (χ3n) is 2.62. The van der Waals surface area contributed by atoms with Gasteiger partial charge in [-0.2, -0.15) is 0 Å². The number of nitrogens with one attached hydrogen (secondary N) is 1. The van der Waals surface area contributed by atoms with Crippen LogP contribution in [-0.2, 0) is 0 Å². The molecule has 0 aliphatic carbocycles. The van der Waals surface area contributed by atoms with Gasteiger partial charge in [0.05, 0.1) is 0 Å². The number of halogens is 1. The number of hydrogen-bond acceptors (Lipinski definition) is 2. The number of aryl methyl sites for hydroxylation is 1. The van der Waals surface area contributed by atoms with E-state index in [0.717, 1.165) is 16.0 Å². The highest BCUT2D eigenvalue weighted by atomic mass is 79.9. The molecule has 0 radical (unpaired) electrons. The Hall–Kier alpha value is -1.35. The summed E-state index contributed by atoms with van der Waals surface area (Å²) in [4.78, 5) is 4.44. The lowest BCUT2D eigenvalue weighted by Gasteiger charge is -2.15. The molecule has 0 aliphatic rings. The van der Waals surface area contributed by atoms with Gasteiger partial charge in [0, 0.05) is 16.2 Å². The Bertz CT molecular complexity index is 494. The number of pyridine rings is 1. The molecule has 1 N–H and O–H groups in total. The van der Waals surface area contributed by atoms with Crippen molar-refractivity contribution in [2.24, 2.45) is 0 Å². The minimum Gasteiger partial charge on any atom is -0.364 e. The Labute approximate surface area is 110 Å². The Morgan fingerprint density at radius 1 is 1.12 bits per heavy atom. The Kier molecular flexibility index (Phi) is 3.79. The van der Waals surface area contributed by atoms with Crippen LogP contribution in [0.4, 0.5) is 5.82 Å². The minimum absolute atomic E-state index is 0.248. The van der Waals surface area contributed by atoms with E-state index in [9.17, 15) is 0 Å². The molecule has 2 rings (SSSR count). The fraction of sp³-hybridized carbons (Fsp3) is 0.214. The quantitative estimate of drug-likeness (QED) is 0.910. The Morgan fingerprint density at radius 3 is 2.47 bits per heavy atom. The van der Waals surface area contributed by atoms with Gasteiger partial charge in [-0.05, 0) is 43.7 Å². The smallest absolute Gasteiger partial charge is 0.126 e. The molecule has 3 heteroatoms. The van der Waals surface area contributed by atoms with E-state index in [4.69, 9.17) is 0 Å². The van der Waals surface area contributed by atoms with Gasteiger partial charge in [-0.15, -0.1) is 0 Å². The van der Waals surface area contributed by atoms with E-state index in [2.05, 4.69) is 57.4 Å². The van der Waals surface area contributed by atoms with E-state index < -0.39 is 0 Å². The molecule has 88 valence electrons. The molecule has 2 aromatic rings. The second-order valence-electron chi connectivity index (χ2n) is 4.08. The van der Waals surface area contributed by atoms with E-state index in [1.165, 1.54) is 5.56 Å². The van der Waals surface area contributed by atoms with Crippen LogP contribution >= 0.6 is 15.9 Å². The molecule has 1 aromatic heterocycles. The second-order valence-corrected chi connectivity index (χ2v) is 5.00. The molecule has 0 aliphatic heterocycles. The van der Waals surface area contributed by atoms with Crippen LogP contribution in [0, 0.1) is 6.92 Å². The predicted molar refractivity (Wildman–Crippen MR) is 75.2 cm³/mol. The summed E-state index contributed by atoms with van der Waals surface area (Å²) in [6.07, 6.45) is 0. The molecular formula is C14H15BrN2. The van der Waals surface area contributed by atoms with E-state index in [0.29, 0.717) is 0 Å². The first-order chi connectivity index (χ1) is 8.15. The van der Waals surface area contributed by atoms with E-state index in [1.807, 2.05) is 25.1 Å². The zero-order valence-corrected chi connectivity index (χ0v) is 11.5. The second kappa shape index (κ2) is 5.32. The van der Waals surface area contributed by atoms with Crippen molar-refractivity contribution in [3.63, 3.8) is 0 Å². The molecule has 0 fully saturated rings. The molecule has 1 unspecified atom stereocenters. The Balaban J connectivity index is 2.11. The van der Waals surface area contributed by atoms with Crippen molar-refractivity contribution in [3.8, 4) is 0 Å². The molecule has 0 bridgehead atoms. The van der Waals surface area contributed by atoms with Crippen LogP contribution in [0.5, 0.6) is 0 Å². The van der Waals surface area contributed by atoms with Gasteiger partial charge in [0.1, 0.15) is 5.82 Å². The van der Waals surface area contributed by atoms with Crippen LogP contribution in [0.15, 0.2) is 46.9 Å².